The highest BCUT2D eigenvalue weighted by Crippen LogP contribution is 2.50. The van der Waals surface area contributed by atoms with Gasteiger partial charge in [0.05, 0.1) is 17.5 Å². The molecule has 3 aliphatic carbocycles. The molecule has 1 aromatic carbocycles. The number of fused-ring (bicyclic) bond motifs is 3. The molecule has 36 heavy (non-hydrogen) atoms. The van der Waals surface area contributed by atoms with Crippen molar-refractivity contribution in [1.82, 2.24) is 9.88 Å². The van der Waals surface area contributed by atoms with Crippen molar-refractivity contribution < 1.29 is 29.7 Å². The number of phenols is 1. The molecule has 0 aliphatic heterocycles. The molecule has 9 heteroatoms. The predicted molar refractivity (Wildman–Crippen MR) is 130 cm³/mol. The topological polar surface area (TPSA) is 154 Å². The Morgan fingerprint density at radius 2 is 1.86 bits per heavy atom. The minimum atomic E-state index is -1.26. The maximum Gasteiger partial charge on any atom is 0.255 e. The van der Waals surface area contributed by atoms with E-state index >= 15 is 0 Å². The number of carbonyl (C=O) groups excluding carboxylic acids is 3. The van der Waals surface area contributed by atoms with Gasteiger partial charge in [0.25, 0.3) is 5.91 Å². The summed E-state index contributed by atoms with van der Waals surface area (Å²) in [5.41, 5.74) is 7.48. The number of aromatic nitrogens is 1. The molecule has 1 aromatic heterocycles. The molecule has 1 heterocycles. The van der Waals surface area contributed by atoms with Crippen molar-refractivity contribution >= 4 is 23.2 Å². The number of nitrogens with two attached hydrogens (primary N) is 1. The van der Waals surface area contributed by atoms with Crippen LogP contribution in [0.1, 0.15) is 28.8 Å². The summed E-state index contributed by atoms with van der Waals surface area (Å²) in [5.74, 6) is -5.76. The van der Waals surface area contributed by atoms with Crippen LogP contribution in [-0.2, 0) is 27.2 Å². The Kier molecular flexibility index (Phi) is 5.67. The fourth-order valence-corrected chi connectivity index (χ4v) is 6.19. The van der Waals surface area contributed by atoms with E-state index in [4.69, 9.17) is 5.73 Å². The summed E-state index contributed by atoms with van der Waals surface area (Å²) in [5, 5.41) is 32.8. The Morgan fingerprint density at radius 1 is 1.11 bits per heavy atom. The van der Waals surface area contributed by atoms with Gasteiger partial charge < -0.3 is 21.1 Å². The third-order valence-electron chi connectivity index (χ3n) is 7.64. The molecule has 0 spiro atoms. The van der Waals surface area contributed by atoms with E-state index < -0.39 is 52.6 Å². The van der Waals surface area contributed by atoms with Gasteiger partial charge >= 0.3 is 0 Å². The number of rotatable bonds is 4. The molecule has 186 valence electrons. The highest BCUT2D eigenvalue weighted by Gasteiger charge is 2.55. The van der Waals surface area contributed by atoms with Crippen molar-refractivity contribution in [2.24, 2.45) is 23.5 Å². The summed E-state index contributed by atoms with van der Waals surface area (Å²) < 4.78 is 0. The Bertz CT molecular complexity index is 1360. The first-order valence-electron chi connectivity index (χ1n) is 11.8. The first-order valence-corrected chi connectivity index (χ1v) is 11.8. The summed E-state index contributed by atoms with van der Waals surface area (Å²) in [6.45, 7) is 0. The first-order chi connectivity index (χ1) is 17.1. The van der Waals surface area contributed by atoms with Crippen LogP contribution < -0.4 is 5.73 Å². The Balaban J connectivity index is 1.63. The summed E-state index contributed by atoms with van der Waals surface area (Å²) >= 11 is 0. The number of ketones is 2. The zero-order valence-electron chi connectivity index (χ0n) is 19.9. The molecular formula is C27H27N3O6. The van der Waals surface area contributed by atoms with E-state index in [1.807, 2.05) is 18.2 Å². The van der Waals surface area contributed by atoms with Crippen LogP contribution in [0.4, 0.5) is 0 Å². The fraction of sp³-hybridized carbons (Fsp3) is 0.333. The van der Waals surface area contributed by atoms with Crippen LogP contribution in [-0.4, -0.2) is 62.8 Å². The predicted octanol–water partition coefficient (Wildman–Crippen LogP) is 1.83. The van der Waals surface area contributed by atoms with Crippen LogP contribution in [0.5, 0.6) is 5.75 Å². The van der Waals surface area contributed by atoms with Gasteiger partial charge in [-0.05, 0) is 68.1 Å². The minimum absolute atomic E-state index is 0.0742. The van der Waals surface area contributed by atoms with Gasteiger partial charge in [0.2, 0.25) is 0 Å². The first kappa shape index (κ1) is 23.7. The van der Waals surface area contributed by atoms with Crippen LogP contribution in [0, 0.1) is 17.8 Å². The lowest BCUT2D eigenvalue weighted by atomic mass is 9.59. The zero-order valence-corrected chi connectivity index (χ0v) is 19.9. The number of hydrogen-bond acceptors (Lipinski definition) is 8. The standard InChI is InChI=1S/C27H27N3O6/c1-30(2)22-16-11-13-10-15-12(9-14-5-3-4-8-29-14)6-7-17(31)19(15)23(32)18(13)24(33)20(16)25(34)21(26(22)35)27(28)36/h3-8,13,16,20,22,31-32,35H,9-11H2,1-2H3,(H2,28,36)/t13?,16?,20?,22-/m0/s1. The maximum atomic E-state index is 13.7. The number of hydrogen-bond donors (Lipinski definition) is 4. The van der Waals surface area contributed by atoms with Crippen LogP contribution in [0.2, 0.25) is 0 Å². The number of Topliss-reactive ketones (excluding diaryl/α,β-unsaturated/α-hetero) is 2. The van der Waals surface area contributed by atoms with Gasteiger partial charge in [0, 0.05) is 23.9 Å². The maximum absolute atomic E-state index is 13.7. The van der Waals surface area contributed by atoms with Crippen molar-refractivity contribution in [1.29, 1.82) is 0 Å². The summed E-state index contributed by atoms with van der Waals surface area (Å²) in [6, 6.07) is 8.09. The fourth-order valence-electron chi connectivity index (χ4n) is 6.19. The smallest absolute Gasteiger partial charge is 0.255 e. The van der Waals surface area contributed by atoms with E-state index in [2.05, 4.69) is 4.98 Å². The average Bonchev–Trinajstić information content (AvgIpc) is 2.80. The van der Waals surface area contributed by atoms with Gasteiger partial charge in [-0.3, -0.25) is 24.3 Å². The Hall–Kier alpha value is -3.98. The number of primary amides is 1. The molecule has 4 atom stereocenters. The molecule has 2 aromatic rings. The number of aliphatic hydroxyl groups excluding tert-OH is 2. The number of phenolic OH excluding ortho intramolecular Hbond substituents is 1. The van der Waals surface area contributed by atoms with Crippen molar-refractivity contribution in [3.8, 4) is 5.75 Å². The van der Waals surface area contributed by atoms with Gasteiger partial charge in [-0.2, -0.15) is 0 Å². The molecule has 1 fully saturated rings. The SMILES string of the molecule is CN(C)[C@@H]1C(O)=C(C(N)=O)C(=O)C2C(=O)C3=C(O)c4c(O)ccc(Cc5ccccn5)c4CC3CC21. The van der Waals surface area contributed by atoms with E-state index in [0.717, 1.165) is 16.8 Å². The van der Waals surface area contributed by atoms with Gasteiger partial charge in [-0.15, -0.1) is 0 Å². The van der Waals surface area contributed by atoms with Gasteiger partial charge in [0.15, 0.2) is 11.6 Å². The lowest BCUT2D eigenvalue weighted by molar-refractivity contribution is -0.136. The highest BCUT2D eigenvalue weighted by atomic mass is 16.3. The number of nitrogens with zero attached hydrogens (tertiary/aromatic N) is 2. The molecule has 5 rings (SSSR count). The highest BCUT2D eigenvalue weighted by molar-refractivity contribution is 6.28. The molecule has 0 bridgehead atoms. The van der Waals surface area contributed by atoms with Gasteiger partial charge in [-0.1, -0.05) is 12.1 Å². The minimum Gasteiger partial charge on any atom is -0.510 e. The molecule has 1 amide bonds. The largest absolute Gasteiger partial charge is 0.510 e. The number of carbonyl (C=O) groups is 3. The lowest BCUT2D eigenvalue weighted by Crippen LogP contribution is -2.55. The number of aromatic hydroxyl groups is 1. The number of likely N-dealkylation sites (N-methyl/N-ethyl adjacent to an activating group) is 1. The van der Waals surface area contributed by atoms with Crippen LogP contribution in [0.15, 0.2) is 53.4 Å². The number of aliphatic hydroxyl groups is 2. The second kappa shape index (κ2) is 8.60. The third-order valence-corrected chi connectivity index (χ3v) is 7.64. The second-order valence-electron chi connectivity index (χ2n) is 9.90. The van der Waals surface area contributed by atoms with Crippen LogP contribution >= 0.6 is 0 Å². The molecule has 3 unspecified atom stereocenters. The van der Waals surface area contributed by atoms with Crippen molar-refractivity contribution in [3.63, 3.8) is 0 Å². The van der Waals surface area contributed by atoms with Crippen molar-refractivity contribution in [2.45, 2.75) is 25.3 Å². The van der Waals surface area contributed by atoms with Crippen LogP contribution in [0.25, 0.3) is 5.76 Å². The number of allylic oxidation sites excluding steroid dienone is 1. The zero-order chi connectivity index (χ0) is 25.9. The van der Waals surface area contributed by atoms with E-state index in [-0.39, 0.29) is 22.6 Å². The second-order valence-corrected chi connectivity index (χ2v) is 9.90. The van der Waals surface area contributed by atoms with Crippen molar-refractivity contribution in [2.75, 3.05) is 14.1 Å². The van der Waals surface area contributed by atoms with E-state index in [9.17, 15) is 29.7 Å². The van der Waals surface area contributed by atoms with E-state index in [1.54, 1.807) is 31.3 Å². The summed E-state index contributed by atoms with van der Waals surface area (Å²) in [4.78, 5) is 45.0. The van der Waals surface area contributed by atoms with E-state index in [0.29, 0.717) is 19.3 Å². The summed E-state index contributed by atoms with van der Waals surface area (Å²) in [7, 11) is 3.39. The quantitative estimate of drug-likeness (QED) is 0.375. The number of amides is 1. The Labute approximate surface area is 207 Å². The number of benzene rings is 1. The molecule has 9 nitrogen and oxygen atoms in total. The molecular weight excluding hydrogens is 462 g/mol. The lowest BCUT2D eigenvalue weighted by Gasteiger charge is -2.46. The molecule has 3 aliphatic rings. The molecule has 1 saturated carbocycles. The van der Waals surface area contributed by atoms with Crippen molar-refractivity contribution in [3.05, 3.63) is 75.8 Å². The van der Waals surface area contributed by atoms with Gasteiger partial charge in [0.1, 0.15) is 22.8 Å². The van der Waals surface area contributed by atoms with Gasteiger partial charge in [-0.25, -0.2) is 0 Å². The van der Waals surface area contributed by atoms with Crippen LogP contribution in [0.3, 0.4) is 0 Å². The third kappa shape index (κ3) is 3.50. The normalized spacial score (nSPS) is 25.5. The Morgan fingerprint density at radius 3 is 2.50 bits per heavy atom. The average molecular weight is 490 g/mol. The summed E-state index contributed by atoms with van der Waals surface area (Å²) in [6.07, 6.45) is 2.85. The number of pyridine rings is 1. The molecule has 0 saturated heterocycles. The molecule has 5 N–H and O–H groups in total. The monoisotopic (exact) mass is 489 g/mol. The van der Waals surface area contributed by atoms with E-state index in [1.165, 1.54) is 6.07 Å². The molecule has 0 radical (unpaired) electrons.